The summed E-state index contributed by atoms with van der Waals surface area (Å²) in [6.45, 7) is 1.35. The van der Waals surface area contributed by atoms with E-state index in [1.54, 1.807) is 10.5 Å². The molecule has 0 bridgehead atoms. The summed E-state index contributed by atoms with van der Waals surface area (Å²) in [6.07, 6.45) is 1.74. The van der Waals surface area contributed by atoms with Gasteiger partial charge >= 0.3 is 5.97 Å². The van der Waals surface area contributed by atoms with Gasteiger partial charge in [-0.25, -0.2) is 9.38 Å². The minimum absolute atomic E-state index is 0.137. The van der Waals surface area contributed by atoms with Crippen LogP contribution in [-0.2, 0) is 4.79 Å². The van der Waals surface area contributed by atoms with Gasteiger partial charge in [0, 0.05) is 17.0 Å². The maximum absolute atomic E-state index is 12.9. The molecule has 0 aliphatic carbocycles. The Hall–Kier alpha value is -1.78. The van der Waals surface area contributed by atoms with Crippen molar-refractivity contribution in [3.05, 3.63) is 64.9 Å². The van der Waals surface area contributed by atoms with Crippen molar-refractivity contribution < 1.29 is 9.53 Å². The topological polar surface area (TPSA) is 60.7 Å². The maximum atomic E-state index is 12.9. The first-order valence-electron chi connectivity index (χ1n) is 7.53. The molecule has 2 aromatic heterocycles. The van der Waals surface area contributed by atoms with E-state index in [1.165, 1.54) is 18.3 Å². The Morgan fingerprint density at radius 2 is 2.12 bits per heavy atom. The molecule has 0 aliphatic heterocycles. The smallest absolute Gasteiger partial charge is 0.308 e. The second-order valence-electron chi connectivity index (χ2n) is 5.53. The lowest BCUT2D eigenvalue weighted by atomic mass is 10.2. The standard InChI is InChI=1S/C18H10BrIN2O3S/c1-9(23)25-16-10(6-11(19)8-12(16)20)7-15-17(24)22-14-5-3-2-4-13(14)21-18(22)26-15/h2-8H,1H3/b15-7+. The molecule has 2 heterocycles. The number of ether oxygens (including phenoxy) is 1. The van der Waals surface area contributed by atoms with Crippen molar-refractivity contribution in [2.75, 3.05) is 0 Å². The van der Waals surface area contributed by atoms with Crippen molar-refractivity contribution in [3.63, 3.8) is 0 Å². The zero-order valence-electron chi connectivity index (χ0n) is 13.3. The number of imidazole rings is 1. The summed E-state index contributed by atoms with van der Waals surface area (Å²) in [5, 5.41) is 0. The number of hydrogen-bond donors (Lipinski definition) is 0. The highest BCUT2D eigenvalue weighted by Gasteiger charge is 2.14. The van der Waals surface area contributed by atoms with Crippen molar-refractivity contribution in [2.45, 2.75) is 6.92 Å². The van der Waals surface area contributed by atoms with Crippen LogP contribution in [0.15, 0.2) is 45.7 Å². The zero-order valence-corrected chi connectivity index (χ0v) is 17.9. The molecule has 4 rings (SSSR count). The third-order valence-corrected chi connectivity index (χ3v) is 5.94. The Morgan fingerprint density at radius 3 is 2.88 bits per heavy atom. The van der Waals surface area contributed by atoms with Gasteiger partial charge in [0.15, 0.2) is 10.7 Å². The lowest BCUT2D eigenvalue weighted by Crippen LogP contribution is -2.22. The van der Waals surface area contributed by atoms with Gasteiger partial charge in [-0.05, 0) is 52.9 Å². The van der Waals surface area contributed by atoms with E-state index in [4.69, 9.17) is 4.74 Å². The molecule has 0 N–H and O–H groups in total. The highest BCUT2D eigenvalue weighted by molar-refractivity contribution is 14.1. The molecule has 0 fully saturated rings. The molecule has 0 atom stereocenters. The van der Waals surface area contributed by atoms with E-state index in [2.05, 4.69) is 43.5 Å². The van der Waals surface area contributed by atoms with Gasteiger partial charge in [0.05, 0.1) is 19.1 Å². The minimum Gasteiger partial charge on any atom is -0.425 e. The fraction of sp³-hybridized carbons (Fsp3) is 0.0556. The van der Waals surface area contributed by atoms with Gasteiger partial charge in [0.1, 0.15) is 0 Å². The van der Waals surface area contributed by atoms with Crippen LogP contribution in [0.3, 0.4) is 0 Å². The van der Waals surface area contributed by atoms with Crippen LogP contribution in [0.25, 0.3) is 22.1 Å². The number of benzene rings is 2. The summed E-state index contributed by atoms with van der Waals surface area (Å²) in [5.41, 5.74) is 2.10. The number of carbonyl (C=O) groups is 1. The highest BCUT2D eigenvalue weighted by Crippen LogP contribution is 2.30. The Bertz CT molecular complexity index is 1300. The summed E-state index contributed by atoms with van der Waals surface area (Å²) >= 11 is 6.86. The van der Waals surface area contributed by atoms with Crippen molar-refractivity contribution >= 4 is 77.9 Å². The molecule has 0 spiro atoms. The molecule has 0 saturated carbocycles. The second-order valence-corrected chi connectivity index (χ2v) is 8.62. The van der Waals surface area contributed by atoms with E-state index in [1.807, 2.05) is 36.4 Å². The highest BCUT2D eigenvalue weighted by atomic mass is 127. The number of aromatic nitrogens is 2. The van der Waals surface area contributed by atoms with Crippen molar-refractivity contribution in [1.82, 2.24) is 9.38 Å². The van der Waals surface area contributed by atoms with Gasteiger partial charge in [-0.2, -0.15) is 0 Å². The molecule has 8 heteroatoms. The number of carbonyl (C=O) groups excluding carboxylic acids is 1. The quantitative estimate of drug-likeness (QED) is 0.221. The number of thiazole rings is 1. The summed E-state index contributed by atoms with van der Waals surface area (Å²) in [5.74, 6) is 0.0332. The monoisotopic (exact) mass is 540 g/mol. The molecule has 2 aromatic carbocycles. The van der Waals surface area contributed by atoms with Crippen LogP contribution in [0.4, 0.5) is 0 Å². The Balaban J connectivity index is 1.99. The van der Waals surface area contributed by atoms with E-state index in [-0.39, 0.29) is 5.56 Å². The van der Waals surface area contributed by atoms with Crippen LogP contribution < -0.4 is 14.8 Å². The van der Waals surface area contributed by atoms with Gasteiger partial charge in [-0.15, -0.1) is 0 Å². The van der Waals surface area contributed by atoms with E-state index >= 15 is 0 Å². The summed E-state index contributed by atoms with van der Waals surface area (Å²) < 4.78 is 9.10. The van der Waals surface area contributed by atoms with Crippen LogP contribution in [0, 0.1) is 3.57 Å². The van der Waals surface area contributed by atoms with Crippen LogP contribution in [0.5, 0.6) is 5.75 Å². The summed E-state index contributed by atoms with van der Waals surface area (Å²) in [6, 6.07) is 11.2. The van der Waals surface area contributed by atoms with E-state index < -0.39 is 5.97 Å². The van der Waals surface area contributed by atoms with E-state index in [9.17, 15) is 9.59 Å². The zero-order chi connectivity index (χ0) is 18.4. The lowest BCUT2D eigenvalue weighted by molar-refractivity contribution is -0.131. The van der Waals surface area contributed by atoms with Gasteiger partial charge in [0.25, 0.3) is 5.56 Å². The van der Waals surface area contributed by atoms with Gasteiger partial charge in [-0.1, -0.05) is 39.4 Å². The van der Waals surface area contributed by atoms with Gasteiger partial charge in [0.2, 0.25) is 0 Å². The van der Waals surface area contributed by atoms with Crippen LogP contribution in [0.2, 0.25) is 0 Å². The third-order valence-electron chi connectivity index (χ3n) is 3.71. The Kier molecular flexibility index (Phi) is 4.57. The number of hydrogen-bond acceptors (Lipinski definition) is 5. The number of para-hydroxylation sites is 2. The molecule has 0 saturated heterocycles. The molecule has 0 aliphatic rings. The molecule has 0 unspecified atom stereocenters. The summed E-state index contributed by atoms with van der Waals surface area (Å²) in [4.78, 5) is 29.5. The predicted molar refractivity (Wildman–Crippen MR) is 114 cm³/mol. The molecule has 4 aromatic rings. The Labute approximate surface area is 173 Å². The maximum Gasteiger partial charge on any atom is 0.308 e. The molecular weight excluding hydrogens is 531 g/mol. The van der Waals surface area contributed by atoms with Gasteiger partial charge < -0.3 is 4.74 Å². The van der Waals surface area contributed by atoms with Crippen molar-refractivity contribution in [3.8, 4) is 5.75 Å². The molecule has 0 amide bonds. The lowest BCUT2D eigenvalue weighted by Gasteiger charge is -2.08. The number of halogens is 2. The third kappa shape index (κ3) is 3.06. The first-order chi connectivity index (χ1) is 12.4. The average Bonchev–Trinajstić information content (AvgIpc) is 3.07. The van der Waals surface area contributed by atoms with E-state index in [0.717, 1.165) is 19.1 Å². The predicted octanol–water partition coefficient (Wildman–Crippen LogP) is 3.75. The summed E-state index contributed by atoms with van der Waals surface area (Å²) in [7, 11) is 0. The Morgan fingerprint density at radius 1 is 1.35 bits per heavy atom. The SMILES string of the molecule is CC(=O)Oc1c(I)cc(Br)cc1/C=c1/sc2nc3ccccc3n2c1=O. The molecule has 26 heavy (non-hydrogen) atoms. The number of esters is 1. The fourth-order valence-corrected chi connectivity index (χ4v) is 5.33. The largest absolute Gasteiger partial charge is 0.425 e. The fourth-order valence-electron chi connectivity index (χ4n) is 2.69. The first-order valence-corrected chi connectivity index (χ1v) is 10.2. The van der Waals surface area contributed by atoms with Crippen LogP contribution in [-0.4, -0.2) is 15.4 Å². The number of rotatable bonds is 2. The number of fused-ring (bicyclic) bond motifs is 3. The van der Waals surface area contributed by atoms with Crippen LogP contribution >= 0.6 is 49.9 Å². The average molecular weight is 541 g/mol. The van der Waals surface area contributed by atoms with Gasteiger partial charge in [-0.3, -0.25) is 9.59 Å². The number of nitrogens with zero attached hydrogens (tertiary/aromatic N) is 2. The molecular formula is C18H10BrIN2O3S. The van der Waals surface area contributed by atoms with Crippen molar-refractivity contribution in [1.29, 1.82) is 0 Å². The molecule has 0 radical (unpaired) electrons. The molecule has 130 valence electrons. The normalized spacial score (nSPS) is 12.2. The van der Waals surface area contributed by atoms with Crippen molar-refractivity contribution in [2.24, 2.45) is 0 Å². The van der Waals surface area contributed by atoms with E-state index in [0.29, 0.717) is 20.8 Å². The van der Waals surface area contributed by atoms with Crippen LogP contribution in [0.1, 0.15) is 12.5 Å². The molecule has 5 nitrogen and oxygen atoms in total. The minimum atomic E-state index is -0.408. The second kappa shape index (κ2) is 6.75. The first kappa shape index (κ1) is 17.6.